The Labute approximate surface area is 330 Å². The summed E-state index contributed by atoms with van der Waals surface area (Å²) in [5.74, 6) is -0.0193. The SMILES string of the molecule is CCCCCCCCCCCC(CCCCCC)NC(=O)OCCCCCCCC[NH+](CCO)CCCCCCCCOC(=O)CCCCCCCC. The first-order chi connectivity index (χ1) is 26.1. The quantitative estimate of drug-likeness (QED) is 0.0426. The van der Waals surface area contributed by atoms with Crippen molar-refractivity contribution in [1.29, 1.82) is 0 Å². The average Bonchev–Trinajstić information content (AvgIpc) is 3.15. The predicted octanol–water partition coefficient (Wildman–Crippen LogP) is 11.8. The van der Waals surface area contributed by atoms with Gasteiger partial charge in [-0.3, -0.25) is 4.79 Å². The van der Waals surface area contributed by atoms with Gasteiger partial charge in [-0.1, -0.05) is 175 Å². The van der Waals surface area contributed by atoms with Crippen LogP contribution in [0, 0.1) is 0 Å². The highest BCUT2D eigenvalue weighted by Crippen LogP contribution is 2.15. The molecule has 0 aliphatic heterocycles. The van der Waals surface area contributed by atoms with Gasteiger partial charge in [0.2, 0.25) is 0 Å². The Morgan fingerprint density at radius 1 is 0.472 bits per heavy atom. The van der Waals surface area contributed by atoms with E-state index in [-0.39, 0.29) is 24.7 Å². The minimum Gasteiger partial charge on any atom is -0.466 e. The molecule has 0 aliphatic carbocycles. The van der Waals surface area contributed by atoms with Crippen molar-refractivity contribution < 1.29 is 29.1 Å². The number of nitrogens with one attached hydrogen (secondary N) is 2. The summed E-state index contributed by atoms with van der Waals surface area (Å²) in [6.07, 6.45) is 40.6. The molecule has 0 aromatic rings. The number of ether oxygens (including phenoxy) is 2. The van der Waals surface area contributed by atoms with Gasteiger partial charge in [-0.2, -0.15) is 0 Å². The van der Waals surface area contributed by atoms with Crippen molar-refractivity contribution in [3.8, 4) is 0 Å². The van der Waals surface area contributed by atoms with Gasteiger partial charge >= 0.3 is 12.1 Å². The van der Waals surface area contributed by atoms with E-state index < -0.39 is 0 Å². The highest BCUT2D eigenvalue weighted by atomic mass is 16.5. The minimum atomic E-state index is -0.218. The average molecular weight is 754 g/mol. The Hall–Kier alpha value is -1.34. The molecule has 53 heavy (non-hydrogen) atoms. The highest BCUT2D eigenvalue weighted by Gasteiger charge is 2.13. The molecule has 0 aromatic heterocycles. The number of quaternary nitrogens is 1. The lowest BCUT2D eigenvalue weighted by Crippen LogP contribution is -3.12. The molecule has 316 valence electrons. The topological polar surface area (TPSA) is 89.3 Å². The fourth-order valence-corrected chi connectivity index (χ4v) is 7.39. The lowest BCUT2D eigenvalue weighted by Gasteiger charge is -2.19. The van der Waals surface area contributed by atoms with Crippen molar-refractivity contribution in [3.63, 3.8) is 0 Å². The maximum absolute atomic E-state index is 12.6. The van der Waals surface area contributed by atoms with Gasteiger partial charge in [-0.05, 0) is 57.8 Å². The van der Waals surface area contributed by atoms with Gasteiger partial charge in [0, 0.05) is 12.5 Å². The molecule has 0 saturated carbocycles. The fourth-order valence-electron chi connectivity index (χ4n) is 7.39. The van der Waals surface area contributed by atoms with E-state index in [4.69, 9.17) is 9.47 Å². The zero-order valence-corrected chi connectivity index (χ0v) is 35.9. The van der Waals surface area contributed by atoms with Crippen LogP contribution in [0.15, 0.2) is 0 Å². The molecule has 0 aromatic carbocycles. The summed E-state index contributed by atoms with van der Waals surface area (Å²) in [4.78, 5) is 26.0. The number of unbranched alkanes of at least 4 members (excludes halogenated alkanes) is 26. The molecule has 3 N–H and O–H groups in total. The van der Waals surface area contributed by atoms with Crippen molar-refractivity contribution in [2.75, 3.05) is 39.5 Å². The Balaban J connectivity index is 3.84. The van der Waals surface area contributed by atoms with Gasteiger partial charge in [-0.15, -0.1) is 0 Å². The third-order valence-electron chi connectivity index (χ3n) is 10.9. The van der Waals surface area contributed by atoms with Crippen LogP contribution in [0.1, 0.15) is 239 Å². The van der Waals surface area contributed by atoms with E-state index in [1.165, 1.54) is 165 Å². The van der Waals surface area contributed by atoms with Gasteiger partial charge in [0.15, 0.2) is 0 Å². The maximum Gasteiger partial charge on any atom is 0.407 e. The van der Waals surface area contributed by atoms with Crippen molar-refractivity contribution >= 4 is 12.1 Å². The predicted molar refractivity (Wildman–Crippen MR) is 226 cm³/mol. The normalized spacial score (nSPS) is 12.5. The van der Waals surface area contributed by atoms with Crippen LogP contribution < -0.4 is 10.2 Å². The molecule has 2 unspecified atom stereocenters. The number of hydrogen-bond acceptors (Lipinski definition) is 5. The molecule has 7 heteroatoms. The number of hydrogen-bond donors (Lipinski definition) is 3. The van der Waals surface area contributed by atoms with Crippen LogP contribution in [-0.2, 0) is 14.3 Å². The first-order valence-corrected chi connectivity index (χ1v) is 23.6. The summed E-state index contributed by atoms with van der Waals surface area (Å²) in [6, 6.07) is 0.255. The number of aliphatic hydroxyl groups is 1. The molecule has 1 amide bonds. The van der Waals surface area contributed by atoms with E-state index in [1.807, 2.05) is 0 Å². The van der Waals surface area contributed by atoms with E-state index in [0.29, 0.717) is 19.6 Å². The molecule has 7 nitrogen and oxygen atoms in total. The standard InChI is InChI=1S/C46H92N2O5/c1-4-7-10-13-15-16-17-22-29-36-44(35-28-12-9-6-3)47-46(51)53-43-34-27-21-19-25-32-39-48(40-41-49)38-31-24-18-20-26-33-42-52-45(50)37-30-23-14-11-8-5-2/h44,49H,4-43H2,1-3H3,(H,47,51)/p+1. The molecule has 0 aliphatic rings. The second-order valence-electron chi connectivity index (χ2n) is 16.1. The van der Waals surface area contributed by atoms with Crippen molar-refractivity contribution in [1.82, 2.24) is 5.32 Å². The first kappa shape index (κ1) is 51.7. The highest BCUT2D eigenvalue weighted by molar-refractivity contribution is 5.69. The zero-order valence-electron chi connectivity index (χ0n) is 35.9. The number of rotatable bonds is 43. The van der Waals surface area contributed by atoms with Crippen LogP contribution in [0.4, 0.5) is 4.79 Å². The monoisotopic (exact) mass is 754 g/mol. The first-order valence-electron chi connectivity index (χ1n) is 23.6. The van der Waals surface area contributed by atoms with Crippen LogP contribution in [0.2, 0.25) is 0 Å². The summed E-state index contributed by atoms with van der Waals surface area (Å²) >= 11 is 0. The van der Waals surface area contributed by atoms with Crippen molar-refractivity contribution in [3.05, 3.63) is 0 Å². The number of amides is 1. The lowest BCUT2D eigenvalue weighted by molar-refractivity contribution is -0.901. The number of alkyl carbamates (subject to hydrolysis) is 1. The van der Waals surface area contributed by atoms with E-state index in [2.05, 4.69) is 26.1 Å². The summed E-state index contributed by atoms with van der Waals surface area (Å²) < 4.78 is 11.0. The number of esters is 1. The van der Waals surface area contributed by atoms with Crippen LogP contribution >= 0.6 is 0 Å². The van der Waals surface area contributed by atoms with Crippen molar-refractivity contribution in [2.45, 2.75) is 245 Å². The smallest absolute Gasteiger partial charge is 0.407 e. The minimum absolute atomic E-state index is 0.0193. The van der Waals surface area contributed by atoms with Crippen LogP contribution in [0.5, 0.6) is 0 Å². The van der Waals surface area contributed by atoms with E-state index in [0.717, 1.165) is 71.0 Å². The summed E-state index contributed by atoms with van der Waals surface area (Å²) in [5, 5.41) is 12.8. The molecule has 0 radical (unpaired) electrons. The van der Waals surface area contributed by atoms with Gasteiger partial charge in [-0.25, -0.2) is 4.79 Å². The second-order valence-corrected chi connectivity index (χ2v) is 16.1. The Morgan fingerprint density at radius 3 is 1.32 bits per heavy atom. The van der Waals surface area contributed by atoms with Gasteiger partial charge in [0.1, 0.15) is 6.54 Å². The van der Waals surface area contributed by atoms with Gasteiger partial charge in [0.25, 0.3) is 0 Å². The van der Waals surface area contributed by atoms with Crippen LogP contribution in [0.3, 0.4) is 0 Å². The molecular formula is C46H93N2O5+. The summed E-state index contributed by atoms with van der Waals surface area (Å²) in [5.41, 5.74) is 0. The number of aliphatic hydroxyl groups excluding tert-OH is 1. The van der Waals surface area contributed by atoms with Gasteiger partial charge < -0.3 is 24.8 Å². The van der Waals surface area contributed by atoms with Crippen molar-refractivity contribution in [2.24, 2.45) is 0 Å². The van der Waals surface area contributed by atoms with Crippen LogP contribution in [0.25, 0.3) is 0 Å². The van der Waals surface area contributed by atoms with E-state index >= 15 is 0 Å². The lowest BCUT2D eigenvalue weighted by atomic mass is 10.0. The number of carbonyl (C=O) groups is 2. The molecule has 0 rings (SSSR count). The Bertz CT molecular complexity index is 751. The Morgan fingerprint density at radius 2 is 0.849 bits per heavy atom. The third kappa shape index (κ3) is 40.1. The zero-order chi connectivity index (χ0) is 38.7. The fraction of sp³-hybridized carbons (Fsp3) is 0.957. The summed E-state index contributed by atoms with van der Waals surface area (Å²) in [6.45, 7) is 11.3. The molecule has 0 spiro atoms. The Kier molecular flexibility index (Phi) is 42.3. The largest absolute Gasteiger partial charge is 0.466 e. The summed E-state index contributed by atoms with van der Waals surface area (Å²) in [7, 11) is 0. The molecule has 0 saturated heterocycles. The molecule has 0 bridgehead atoms. The molecule has 0 fully saturated rings. The number of carbonyl (C=O) groups excluding carboxylic acids is 2. The molecular weight excluding hydrogens is 661 g/mol. The van der Waals surface area contributed by atoms with E-state index in [1.54, 1.807) is 0 Å². The van der Waals surface area contributed by atoms with E-state index in [9.17, 15) is 14.7 Å². The maximum atomic E-state index is 12.6. The third-order valence-corrected chi connectivity index (χ3v) is 10.9. The van der Waals surface area contributed by atoms with Gasteiger partial charge in [0.05, 0.1) is 32.9 Å². The molecule has 2 atom stereocenters. The van der Waals surface area contributed by atoms with Crippen LogP contribution in [-0.4, -0.2) is 62.7 Å². The molecule has 0 heterocycles. The second kappa shape index (κ2) is 43.4.